The van der Waals surface area contributed by atoms with E-state index in [1.165, 1.54) is 12.2 Å². The Bertz CT molecular complexity index is 291. The highest BCUT2D eigenvalue weighted by Gasteiger charge is 2.39. The van der Waals surface area contributed by atoms with E-state index < -0.39 is 11.1 Å². The fourth-order valence-electron chi connectivity index (χ4n) is 1.06. The summed E-state index contributed by atoms with van der Waals surface area (Å²) in [5.74, 6) is -0.0176. The van der Waals surface area contributed by atoms with E-state index in [1.807, 2.05) is 0 Å². The van der Waals surface area contributed by atoms with Crippen LogP contribution in [0, 0.1) is 0 Å². The van der Waals surface area contributed by atoms with Gasteiger partial charge in [0, 0.05) is 6.42 Å². The summed E-state index contributed by atoms with van der Waals surface area (Å²) in [4.78, 5) is 10.6. The van der Waals surface area contributed by atoms with Crippen LogP contribution in [0.15, 0.2) is 23.5 Å². The Morgan fingerprint density at radius 1 is 1.73 bits per heavy atom. The predicted molar refractivity (Wildman–Crippen MR) is 36.6 cm³/mol. The largest absolute Gasteiger partial charge is 0.423 e. The van der Waals surface area contributed by atoms with Gasteiger partial charge < -0.3 is 4.74 Å². The first-order chi connectivity index (χ1) is 5.08. The summed E-state index contributed by atoms with van der Waals surface area (Å²) in [5, 5.41) is -1.90. The summed E-state index contributed by atoms with van der Waals surface area (Å²) in [6.45, 7) is 0. The SMILES string of the molecule is O=C1OC2=C1CC(F)(Cl)C=C2. The van der Waals surface area contributed by atoms with Gasteiger partial charge in [0.15, 0.2) is 0 Å². The molecule has 0 aromatic heterocycles. The molecule has 0 radical (unpaired) electrons. The molecule has 0 N–H and O–H groups in total. The molecular formula is C7H4ClFO2. The number of halogens is 2. The number of hydrogen-bond acceptors (Lipinski definition) is 2. The lowest BCUT2D eigenvalue weighted by Gasteiger charge is -2.27. The van der Waals surface area contributed by atoms with Crippen LogP contribution in [0.25, 0.3) is 0 Å². The molecule has 0 aromatic carbocycles. The molecule has 0 aromatic rings. The summed E-state index contributed by atoms with van der Waals surface area (Å²) in [5.41, 5.74) is 0.352. The molecule has 1 heterocycles. The van der Waals surface area contributed by atoms with Gasteiger partial charge >= 0.3 is 5.97 Å². The third-order valence-corrected chi connectivity index (χ3v) is 1.90. The van der Waals surface area contributed by atoms with Crippen LogP contribution in [0.4, 0.5) is 4.39 Å². The van der Waals surface area contributed by atoms with Crippen molar-refractivity contribution in [2.45, 2.75) is 11.5 Å². The van der Waals surface area contributed by atoms with E-state index in [0.717, 1.165) is 0 Å². The van der Waals surface area contributed by atoms with Crippen LogP contribution in [0.3, 0.4) is 0 Å². The van der Waals surface area contributed by atoms with Gasteiger partial charge in [-0.05, 0) is 12.2 Å². The zero-order chi connectivity index (χ0) is 8.06. The van der Waals surface area contributed by atoms with Crippen LogP contribution in [0.1, 0.15) is 6.42 Å². The van der Waals surface area contributed by atoms with Crippen molar-refractivity contribution in [1.29, 1.82) is 0 Å². The zero-order valence-electron chi connectivity index (χ0n) is 5.43. The molecule has 2 nitrogen and oxygen atoms in total. The molecule has 0 saturated heterocycles. The Balaban J connectivity index is 2.32. The van der Waals surface area contributed by atoms with Crippen molar-refractivity contribution in [3.63, 3.8) is 0 Å². The molecule has 58 valence electrons. The van der Waals surface area contributed by atoms with Crippen molar-refractivity contribution in [2.24, 2.45) is 0 Å². The molecule has 1 unspecified atom stereocenters. The topological polar surface area (TPSA) is 26.3 Å². The standard InChI is InChI=1S/C7H4ClFO2/c8-7(9)2-1-5-4(3-7)6(10)11-5/h1-2H,3H2. The minimum Gasteiger partial charge on any atom is -0.423 e. The normalized spacial score (nSPS) is 34.5. The molecule has 11 heavy (non-hydrogen) atoms. The monoisotopic (exact) mass is 174 g/mol. The van der Waals surface area contributed by atoms with Crippen molar-refractivity contribution in [1.82, 2.24) is 0 Å². The molecule has 2 aliphatic rings. The average Bonchev–Trinajstić information content (AvgIpc) is 1.92. The van der Waals surface area contributed by atoms with Gasteiger partial charge in [-0.1, -0.05) is 11.6 Å². The van der Waals surface area contributed by atoms with Gasteiger partial charge in [-0.2, -0.15) is 0 Å². The second-order valence-corrected chi connectivity index (χ2v) is 3.13. The lowest BCUT2D eigenvalue weighted by molar-refractivity contribution is -0.140. The first-order valence-corrected chi connectivity index (χ1v) is 3.49. The summed E-state index contributed by atoms with van der Waals surface area (Å²) in [6, 6.07) is 0. The summed E-state index contributed by atoms with van der Waals surface area (Å²) in [7, 11) is 0. The van der Waals surface area contributed by atoms with E-state index in [2.05, 4.69) is 4.74 Å². The van der Waals surface area contributed by atoms with Gasteiger partial charge in [0.05, 0.1) is 5.57 Å². The number of carbonyl (C=O) groups is 1. The highest BCUT2D eigenvalue weighted by Crippen LogP contribution is 2.38. The van der Waals surface area contributed by atoms with Crippen molar-refractivity contribution in [3.8, 4) is 0 Å². The van der Waals surface area contributed by atoms with Crippen LogP contribution in [-0.2, 0) is 9.53 Å². The quantitative estimate of drug-likeness (QED) is 0.413. The number of ether oxygens (including phenoxy) is 1. The first-order valence-electron chi connectivity index (χ1n) is 3.11. The van der Waals surface area contributed by atoms with Gasteiger partial charge in [0.25, 0.3) is 0 Å². The van der Waals surface area contributed by atoms with Crippen molar-refractivity contribution in [3.05, 3.63) is 23.5 Å². The van der Waals surface area contributed by atoms with Gasteiger partial charge in [0.2, 0.25) is 5.13 Å². The van der Waals surface area contributed by atoms with Crippen molar-refractivity contribution in [2.75, 3.05) is 0 Å². The molecule has 0 saturated carbocycles. The van der Waals surface area contributed by atoms with Crippen LogP contribution < -0.4 is 0 Å². The fraction of sp³-hybridized carbons (Fsp3) is 0.286. The molecule has 0 fully saturated rings. The highest BCUT2D eigenvalue weighted by molar-refractivity contribution is 6.25. The maximum atomic E-state index is 12.9. The number of esters is 1. The average molecular weight is 175 g/mol. The third-order valence-electron chi connectivity index (χ3n) is 1.64. The minimum absolute atomic E-state index is 0.0841. The zero-order valence-corrected chi connectivity index (χ0v) is 6.19. The van der Waals surface area contributed by atoms with E-state index in [1.54, 1.807) is 0 Å². The van der Waals surface area contributed by atoms with E-state index in [-0.39, 0.29) is 6.42 Å². The van der Waals surface area contributed by atoms with Crippen LogP contribution in [0.5, 0.6) is 0 Å². The van der Waals surface area contributed by atoms with Crippen molar-refractivity contribution >= 4 is 17.6 Å². The van der Waals surface area contributed by atoms with Crippen LogP contribution in [0.2, 0.25) is 0 Å². The Morgan fingerprint density at radius 3 is 3.00 bits per heavy atom. The van der Waals surface area contributed by atoms with Gasteiger partial charge in [0.1, 0.15) is 5.76 Å². The van der Waals surface area contributed by atoms with Gasteiger partial charge in [-0.15, -0.1) is 0 Å². The number of allylic oxidation sites excluding steroid dienone is 2. The Hall–Kier alpha value is -0.830. The second kappa shape index (κ2) is 1.85. The Morgan fingerprint density at radius 2 is 2.45 bits per heavy atom. The van der Waals surface area contributed by atoms with Crippen LogP contribution >= 0.6 is 11.6 Å². The van der Waals surface area contributed by atoms with E-state index in [0.29, 0.717) is 11.3 Å². The molecule has 1 aliphatic carbocycles. The lowest BCUT2D eigenvalue weighted by Crippen LogP contribution is -2.29. The molecule has 1 aliphatic heterocycles. The molecule has 4 heteroatoms. The Labute approximate surface area is 67.3 Å². The maximum Gasteiger partial charge on any atom is 0.343 e. The number of rotatable bonds is 0. The third kappa shape index (κ3) is 0.959. The molecule has 0 amide bonds. The predicted octanol–water partition coefficient (Wildman–Crippen LogP) is 1.66. The number of alkyl halides is 2. The summed E-state index contributed by atoms with van der Waals surface area (Å²) < 4.78 is 17.5. The highest BCUT2D eigenvalue weighted by atomic mass is 35.5. The van der Waals surface area contributed by atoms with Gasteiger partial charge in [-0.3, -0.25) is 0 Å². The van der Waals surface area contributed by atoms with Gasteiger partial charge in [-0.25, -0.2) is 9.18 Å². The van der Waals surface area contributed by atoms with Crippen LogP contribution in [-0.4, -0.2) is 11.1 Å². The minimum atomic E-state index is -1.90. The molecule has 2 rings (SSSR count). The molecule has 1 atom stereocenters. The first kappa shape index (κ1) is 6.85. The summed E-state index contributed by atoms with van der Waals surface area (Å²) in [6.07, 6.45) is 2.48. The fourth-order valence-corrected chi connectivity index (χ4v) is 1.26. The van der Waals surface area contributed by atoms with E-state index in [9.17, 15) is 9.18 Å². The number of carbonyl (C=O) groups excluding carboxylic acids is 1. The Kier molecular flexibility index (Phi) is 1.16. The maximum absolute atomic E-state index is 12.9. The lowest BCUT2D eigenvalue weighted by atomic mass is 9.98. The molecule has 0 spiro atoms. The van der Waals surface area contributed by atoms with E-state index in [4.69, 9.17) is 11.6 Å². The summed E-state index contributed by atoms with van der Waals surface area (Å²) >= 11 is 5.34. The number of hydrogen-bond donors (Lipinski definition) is 0. The smallest absolute Gasteiger partial charge is 0.343 e. The van der Waals surface area contributed by atoms with Crippen molar-refractivity contribution < 1.29 is 13.9 Å². The second-order valence-electron chi connectivity index (χ2n) is 2.50. The molecule has 0 bridgehead atoms. The molecular weight excluding hydrogens is 171 g/mol. The van der Waals surface area contributed by atoms with E-state index >= 15 is 0 Å².